The summed E-state index contributed by atoms with van der Waals surface area (Å²) in [6, 6.07) is 8.49. The molecule has 0 radical (unpaired) electrons. The van der Waals surface area contributed by atoms with Crippen molar-refractivity contribution in [2.24, 2.45) is 9.98 Å². The summed E-state index contributed by atoms with van der Waals surface area (Å²) < 4.78 is 0. The molecule has 0 unspecified atom stereocenters. The van der Waals surface area contributed by atoms with Crippen LogP contribution >= 0.6 is 23.2 Å². The van der Waals surface area contributed by atoms with E-state index in [1.54, 1.807) is 0 Å². The topological polar surface area (TPSA) is 65.2 Å². The summed E-state index contributed by atoms with van der Waals surface area (Å²) in [6.45, 7) is 21.8. The third-order valence-electron chi connectivity index (χ3n) is 8.63. The highest BCUT2D eigenvalue weighted by Gasteiger charge is 2.30. The Hall–Kier alpha value is -1.61. The molecule has 2 aromatic rings. The van der Waals surface area contributed by atoms with Crippen LogP contribution in [0.5, 0.6) is 11.5 Å². The largest absolute Gasteiger partial charge is 0.507 e. The van der Waals surface area contributed by atoms with Gasteiger partial charge in [0, 0.05) is 34.6 Å². The Morgan fingerprint density at radius 3 is 1.31 bits per heavy atom. The molecule has 4 nitrogen and oxygen atoms in total. The lowest BCUT2D eigenvalue weighted by molar-refractivity contribution is 0.390. The Morgan fingerprint density at radius 2 is 1.02 bits per heavy atom. The standard InChI is InChI=1S/C34H52Cl2N2O2Si2/c1-33(2,3)27-17-25(41(7,8)21-35)15-23(31(27)39)19-37-29-13-11-12-14-30(29)38-20-24-16-26(42(9,10)22-36)18-28(32(24)40)34(4,5)6/h15-20,29-30,39-40H,11-14,21-22H2,1-10H3/t29-,30-/m1/s1. The van der Waals surface area contributed by atoms with Crippen molar-refractivity contribution in [1.29, 1.82) is 0 Å². The molecule has 1 aliphatic carbocycles. The van der Waals surface area contributed by atoms with Crippen molar-refractivity contribution >= 4 is 62.2 Å². The third-order valence-corrected chi connectivity index (χ3v) is 17.7. The van der Waals surface area contributed by atoms with Crippen LogP contribution in [0.3, 0.4) is 0 Å². The molecule has 2 atom stereocenters. The monoisotopic (exact) mass is 646 g/mol. The molecular weight excluding hydrogens is 595 g/mol. The molecule has 1 saturated carbocycles. The predicted octanol–water partition coefficient (Wildman–Crippen LogP) is 7.93. The normalized spacial score (nSPS) is 19.2. The maximum atomic E-state index is 11.3. The van der Waals surface area contributed by atoms with Gasteiger partial charge >= 0.3 is 0 Å². The first-order chi connectivity index (χ1) is 19.3. The minimum absolute atomic E-state index is 0.00972. The first-order valence-corrected chi connectivity index (χ1v) is 22.7. The number of nitrogens with zero attached hydrogens (tertiary/aromatic N) is 2. The summed E-state index contributed by atoms with van der Waals surface area (Å²) in [5.41, 5.74) is 4.19. The van der Waals surface area contributed by atoms with Crippen LogP contribution in [-0.2, 0) is 10.8 Å². The van der Waals surface area contributed by atoms with E-state index in [4.69, 9.17) is 33.2 Å². The molecule has 1 aliphatic rings. The van der Waals surface area contributed by atoms with E-state index in [9.17, 15) is 10.2 Å². The number of aromatic hydroxyl groups is 2. The molecular formula is C34H52Cl2N2O2Si2. The van der Waals surface area contributed by atoms with E-state index in [1.807, 2.05) is 12.4 Å². The van der Waals surface area contributed by atoms with Crippen LogP contribution in [0.15, 0.2) is 34.3 Å². The van der Waals surface area contributed by atoms with Crippen molar-refractivity contribution in [3.63, 3.8) is 0 Å². The lowest BCUT2D eigenvalue weighted by Crippen LogP contribution is -2.44. The number of phenols is 2. The summed E-state index contributed by atoms with van der Waals surface area (Å²) in [4.78, 5) is 10.1. The predicted molar refractivity (Wildman–Crippen MR) is 191 cm³/mol. The fourth-order valence-corrected chi connectivity index (χ4v) is 8.78. The fraction of sp³-hybridized carbons (Fsp3) is 0.588. The van der Waals surface area contributed by atoms with E-state index in [1.165, 1.54) is 10.4 Å². The molecule has 3 rings (SSSR count). The van der Waals surface area contributed by atoms with Crippen LogP contribution in [0, 0.1) is 0 Å². The molecule has 0 bridgehead atoms. The quantitative estimate of drug-likeness (QED) is 0.174. The molecule has 1 fully saturated rings. The van der Waals surface area contributed by atoms with E-state index >= 15 is 0 Å². The Balaban J connectivity index is 2.02. The molecule has 0 saturated heterocycles. The molecule has 0 spiro atoms. The van der Waals surface area contributed by atoms with Crippen molar-refractivity contribution in [2.45, 2.75) is 116 Å². The number of alkyl halides is 2. The van der Waals surface area contributed by atoms with Gasteiger partial charge in [0.2, 0.25) is 0 Å². The lowest BCUT2D eigenvalue weighted by atomic mass is 9.85. The lowest BCUT2D eigenvalue weighted by Gasteiger charge is -2.28. The van der Waals surface area contributed by atoms with Gasteiger partial charge in [-0.2, -0.15) is 0 Å². The zero-order chi connectivity index (χ0) is 31.7. The SMILES string of the molecule is CC(C)(C)c1cc([Si](C)(C)CCl)cc(C=N[C@@H]2CCCC[C@H]2N=Cc2cc([Si](C)(C)CCl)cc(C(C)(C)C)c2O)c1O. The van der Waals surface area contributed by atoms with Crippen molar-refractivity contribution in [3.05, 3.63) is 46.5 Å². The first kappa shape index (κ1) is 34.9. The van der Waals surface area contributed by atoms with Gasteiger partial charge in [0.15, 0.2) is 0 Å². The van der Waals surface area contributed by atoms with Crippen LogP contribution in [0.4, 0.5) is 0 Å². The summed E-state index contributed by atoms with van der Waals surface area (Å²) >= 11 is 12.8. The molecule has 8 heteroatoms. The highest BCUT2D eigenvalue weighted by atomic mass is 35.5. The smallest absolute Gasteiger partial charge is 0.128 e. The number of hydrogen-bond acceptors (Lipinski definition) is 4. The Labute approximate surface area is 266 Å². The molecule has 2 aromatic carbocycles. The van der Waals surface area contributed by atoms with E-state index in [0.29, 0.717) is 22.5 Å². The fourth-order valence-electron chi connectivity index (χ4n) is 5.38. The number of aliphatic imine (C=N–C) groups is 2. The van der Waals surface area contributed by atoms with Gasteiger partial charge in [-0.25, -0.2) is 0 Å². The highest BCUT2D eigenvalue weighted by molar-refractivity contribution is 6.94. The number of halogens is 2. The second-order valence-corrected chi connectivity index (χ2v) is 26.3. The number of hydrogen-bond donors (Lipinski definition) is 2. The van der Waals surface area contributed by atoms with Gasteiger partial charge in [-0.3, -0.25) is 9.98 Å². The van der Waals surface area contributed by atoms with Crippen molar-refractivity contribution in [1.82, 2.24) is 0 Å². The average Bonchev–Trinajstić information content (AvgIpc) is 2.90. The molecule has 0 heterocycles. The molecule has 0 aliphatic heterocycles. The van der Waals surface area contributed by atoms with Gasteiger partial charge in [0.25, 0.3) is 0 Å². The van der Waals surface area contributed by atoms with Gasteiger partial charge in [0.05, 0.1) is 28.2 Å². The van der Waals surface area contributed by atoms with Crippen LogP contribution < -0.4 is 10.4 Å². The van der Waals surface area contributed by atoms with E-state index in [2.05, 4.69) is 92.0 Å². The summed E-state index contributed by atoms with van der Waals surface area (Å²) in [5.74, 6) is 0.598. The van der Waals surface area contributed by atoms with Crippen molar-refractivity contribution in [2.75, 3.05) is 11.0 Å². The Bertz CT molecular complexity index is 1220. The maximum absolute atomic E-state index is 11.3. The molecule has 0 aromatic heterocycles. The van der Waals surface area contributed by atoms with Gasteiger partial charge in [-0.15, -0.1) is 23.2 Å². The second-order valence-electron chi connectivity index (χ2n) is 15.4. The van der Waals surface area contributed by atoms with E-state index in [0.717, 1.165) is 47.9 Å². The average molecular weight is 648 g/mol. The number of phenolic OH excluding ortho intramolecular Hbond substituents is 2. The maximum Gasteiger partial charge on any atom is 0.128 e. The van der Waals surface area contributed by atoms with Crippen LogP contribution in [0.1, 0.15) is 89.5 Å². The Morgan fingerprint density at radius 1 is 0.690 bits per heavy atom. The first-order valence-electron chi connectivity index (χ1n) is 15.3. The minimum atomic E-state index is -1.85. The number of rotatable bonds is 8. The molecule has 0 amide bonds. The third kappa shape index (κ3) is 8.10. The highest BCUT2D eigenvalue weighted by Crippen LogP contribution is 2.35. The van der Waals surface area contributed by atoms with Gasteiger partial charge in [-0.05, 0) is 34.8 Å². The van der Waals surface area contributed by atoms with Gasteiger partial charge < -0.3 is 10.2 Å². The van der Waals surface area contributed by atoms with E-state index < -0.39 is 16.1 Å². The molecule has 42 heavy (non-hydrogen) atoms. The van der Waals surface area contributed by atoms with Crippen LogP contribution in [-0.4, -0.2) is 61.9 Å². The minimum Gasteiger partial charge on any atom is -0.507 e. The zero-order valence-electron chi connectivity index (χ0n) is 27.4. The second kappa shape index (κ2) is 13.2. The summed E-state index contributed by atoms with van der Waals surface area (Å²) in [5, 5.41) is 25.1. The Kier molecular flexibility index (Phi) is 10.9. The summed E-state index contributed by atoms with van der Waals surface area (Å²) in [6.07, 6.45) is 7.80. The molecule has 232 valence electrons. The van der Waals surface area contributed by atoms with Crippen LogP contribution in [0.2, 0.25) is 26.2 Å². The van der Waals surface area contributed by atoms with Gasteiger partial charge in [0.1, 0.15) is 11.5 Å². The van der Waals surface area contributed by atoms with Gasteiger partial charge in [-0.1, -0.05) is 115 Å². The molecule has 2 N–H and O–H groups in total. The van der Waals surface area contributed by atoms with Crippen molar-refractivity contribution < 1.29 is 10.2 Å². The van der Waals surface area contributed by atoms with Crippen LogP contribution in [0.25, 0.3) is 0 Å². The zero-order valence-corrected chi connectivity index (χ0v) is 30.9. The number of benzene rings is 2. The van der Waals surface area contributed by atoms with E-state index in [-0.39, 0.29) is 22.9 Å². The van der Waals surface area contributed by atoms with Crippen molar-refractivity contribution in [3.8, 4) is 11.5 Å². The summed E-state index contributed by atoms with van der Waals surface area (Å²) in [7, 11) is -3.71.